The van der Waals surface area contributed by atoms with Crippen molar-refractivity contribution in [2.24, 2.45) is 7.05 Å². The van der Waals surface area contributed by atoms with Crippen molar-refractivity contribution in [2.45, 2.75) is 31.4 Å². The minimum absolute atomic E-state index is 0.0698. The number of amides is 1. The zero-order valence-electron chi connectivity index (χ0n) is 16.5. The van der Waals surface area contributed by atoms with Crippen LogP contribution in [0.25, 0.3) is 11.1 Å². The second kappa shape index (κ2) is 8.05. The van der Waals surface area contributed by atoms with Crippen molar-refractivity contribution < 1.29 is 14.6 Å². The fourth-order valence-corrected chi connectivity index (χ4v) is 3.70. The fourth-order valence-electron chi connectivity index (χ4n) is 3.70. The first-order chi connectivity index (χ1) is 14.1. The Labute approximate surface area is 169 Å². The predicted octanol–water partition coefficient (Wildman–Crippen LogP) is 2.66. The lowest BCUT2D eigenvalue weighted by Gasteiger charge is -2.35. The number of hydrogen-bond donors (Lipinski definition) is 2. The molecule has 7 heteroatoms. The molecule has 29 heavy (non-hydrogen) atoms. The van der Waals surface area contributed by atoms with E-state index >= 15 is 0 Å². The largest absolute Gasteiger partial charge is 0.497 e. The Balaban J connectivity index is 1.35. The van der Waals surface area contributed by atoms with Crippen LogP contribution in [-0.2, 0) is 13.7 Å². The first-order valence-corrected chi connectivity index (χ1v) is 9.63. The number of aromatic nitrogens is 3. The summed E-state index contributed by atoms with van der Waals surface area (Å²) in [5, 5.41) is 20.5. The summed E-state index contributed by atoms with van der Waals surface area (Å²) >= 11 is 0. The number of carbonyl (C=O) groups is 1. The van der Waals surface area contributed by atoms with Crippen LogP contribution < -0.4 is 10.1 Å². The lowest BCUT2D eigenvalue weighted by molar-refractivity contribution is 0.0907. The Bertz CT molecular complexity index is 1010. The Morgan fingerprint density at radius 3 is 2.59 bits per heavy atom. The highest BCUT2D eigenvalue weighted by molar-refractivity contribution is 5.95. The highest BCUT2D eigenvalue weighted by Crippen LogP contribution is 2.36. The van der Waals surface area contributed by atoms with Gasteiger partial charge in [0.05, 0.1) is 7.11 Å². The number of aliphatic hydroxyl groups excluding tert-OH is 1. The van der Waals surface area contributed by atoms with Gasteiger partial charge in [-0.1, -0.05) is 24.3 Å². The first kappa shape index (κ1) is 19.1. The van der Waals surface area contributed by atoms with Crippen molar-refractivity contribution in [3.63, 3.8) is 0 Å². The monoisotopic (exact) mass is 392 g/mol. The molecule has 0 bridgehead atoms. The number of rotatable bonds is 6. The maximum Gasteiger partial charge on any atom is 0.251 e. The highest BCUT2D eigenvalue weighted by atomic mass is 16.5. The maximum absolute atomic E-state index is 12.6. The lowest BCUT2D eigenvalue weighted by atomic mass is 9.79. The standard InChI is InChI=1S/C22H24N4O3/c1-26-20(13-27)24-25-21(26)17-10-18(11-17)23-22(28)15-8-6-14(7-9-15)16-4-3-5-19(12-16)29-2/h3-9,12,17-18,27H,10-11,13H2,1-2H3,(H,23,28). The van der Waals surface area contributed by atoms with Crippen LogP contribution in [-0.4, -0.2) is 38.9 Å². The molecule has 1 amide bonds. The van der Waals surface area contributed by atoms with Crippen molar-refractivity contribution in [1.29, 1.82) is 0 Å². The Hall–Kier alpha value is -3.19. The molecule has 0 unspecified atom stereocenters. The van der Waals surface area contributed by atoms with Gasteiger partial charge in [0.15, 0.2) is 5.82 Å². The highest BCUT2D eigenvalue weighted by Gasteiger charge is 2.34. The number of ether oxygens (including phenoxy) is 1. The zero-order valence-corrected chi connectivity index (χ0v) is 16.5. The quantitative estimate of drug-likeness (QED) is 0.673. The molecule has 0 radical (unpaired) electrons. The molecule has 0 atom stereocenters. The van der Waals surface area contributed by atoms with Crippen LogP contribution in [0.5, 0.6) is 5.75 Å². The smallest absolute Gasteiger partial charge is 0.251 e. The van der Waals surface area contributed by atoms with E-state index in [9.17, 15) is 9.90 Å². The van der Waals surface area contributed by atoms with E-state index in [1.54, 1.807) is 7.11 Å². The molecular weight excluding hydrogens is 368 g/mol. The van der Waals surface area contributed by atoms with E-state index < -0.39 is 0 Å². The normalized spacial score (nSPS) is 18.2. The summed E-state index contributed by atoms with van der Waals surface area (Å²) in [7, 11) is 3.50. The molecule has 1 aliphatic carbocycles. The molecule has 3 aromatic rings. The molecule has 2 N–H and O–H groups in total. The molecule has 150 valence electrons. The van der Waals surface area contributed by atoms with Crippen LogP contribution in [0.15, 0.2) is 48.5 Å². The van der Waals surface area contributed by atoms with Crippen molar-refractivity contribution in [3.8, 4) is 16.9 Å². The number of carbonyl (C=O) groups excluding carboxylic acids is 1. The Morgan fingerprint density at radius 2 is 1.93 bits per heavy atom. The van der Waals surface area contributed by atoms with Crippen molar-refractivity contribution >= 4 is 5.91 Å². The second-order valence-electron chi connectivity index (χ2n) is 7.34. The van der Waals surface area contributed by atoms with Gasteiger partial charge in [-0.15, -0.1) is 10.2 Å². The number of benzene rings is 2. The molecule has 1 aliphatic rings. The molecule has 0 spiro atoms. The van der Waals surface area contributed by atoms with Gasteiger partial charge in [0.25, 0.3) is 5.91 Å². The number of aliphatic hydroxyl groups is 1. The third-order valence-electron chi connectivity index (χ3n) is 5.53. The molecule has 2 aromatic carbocycles. The van der Waals surface area contributed by atoms with E-state index in [2.05, 4.69) is 15.5 Å². The number of methoxy groups -OCH3 is 1. The van der Waals surface area contributed by atoms with Crippen molar-refractivity contribution in [3.05, 3.63) is 65.7 Å². The third-order valence-corrected chi connectivity index (χ3v) is 5.53. The average molecular weight is 392 g/mol. The summed E-state index contributed by atoms with van der Waals surface area (Å²) in [5.74, 6) is 2.41. The van der Waals surface area contributed by atoms with Crippen LogP contribution in [0.3, 0.4) is 0 Å². The molecule has 0 aliphatic heterocycles. The number of nitrogens with zero attached hydrogens (tertiary/aromatic N) is 3. The van der Waals surface area contributed by atoms with E-state index in [0.717, 1.165) is 35.5 Å². The van der Waals surface area contributed by atoms with Gasteiger partial charge in [-0.25, -0.2) is 0 Å². The average Bonchev–Trinajstić information content (AvgIpc) is 3.10. The van der Waals surface area contributed by atoms with Gasteiger partial charge >= 0.3 is 0 Å². The van der Waals surface area contributed by atoms with Crippen molar-refractivity contribution in [1.82, 2.24) is 20.1 Å². The molecular formula is C22H24N4O3. The summed E-state index contributed by atoms with van der Waals surface area (Å²) < 4.78 is 7.10. The minimum Gasteiger partial charge on any atom is -0.497 e. The predicted molar refractivity (Wildman–Crippen MR) is 109 cm³/mol. The van der Waals surface area contributed by atoms with E-state index in [4.69, 9.17) is 4.74 Å². The van der Waals surface area contributed by atoms with Gasteiger partial charge in [0.2, 0.25) is 0 Å². The summed E-state index contributed by atoms with van der Waals surface area (Å²) in [4.78, 5) is 12.6. The number of hydrogen-bond acceptors (Lipinski definition) is 5. The topological polar surface area (TPSA) is 89.3 Å². The van der Waals surface area contributed by atoms with Crippen LogP contribution in [0.4, 0.5) is 0 Å². The van der Waals surface area contributed by atoms with Gasteiger partial charge in [0, 0.05) is 24.6 Å². The first-order valence-electron chi connectivity index (χ1n) is 9.63. The van der Waals surface area contributed by atoms with Crippen LogP contribution in [0, 0.1) is 0 Å². The molecule has 4 rings (SSSR count). The Morgan fingerprint density at radius 1 is 1.17 bits per heavy atom. The third kappa shape index (κ3) is 3.86. The molecule has 7 nitrogen and oxygen atoms in total. The lowest BCUT2D eigenvalue weighted by Crippen LogP contribution is -2.44. The molecule has 1 fully saturated rings. The van der Waals surface area contributed by atoms with Crippen LogP contribution in [0.1, 0.15) is 40.8 Å². The summed E-state index contributed by atoms with van der Waals surface area (Å²) in [6, 6.07) is 15.5. The minimum atomic E-state index is -0.123. The van der Waals surface area contributed by atoms with E-state index in [1.165, 1.54) is 0 Å². The van der Waals surface area contributed by atoms with Crippen LogP contribution in [0.2, 0.25) is 0 Å². The second-order valence-corrected chi connectivity index (χ2v) is 7.34. The van der Waals surface area contributed by atoms with Crippen LogP contribution >= 0.6 is 0 Å². The summed E-state index contributed by atoms with van der Waals surface area (Å²) in [6.45, 7) is -0.123. The van der Waals surface area contributed by atoms with Gasteiger partial charge in [-0.3, -0.25) is 4.79 Å². The van der Waals surface area contributed by atoms with E-state index in [1.807, 2.05) is 60.1 Å². The molecule has 1 saturated carbocycles. The Kier molecular flexibility index (Phi) is 5.31. The van der Waals surface area contributed by atoms with E-state index in [0.29, 0.717) is 11.4 Å². The van der Waals surface area contributed by atoms with Gasteiger partial charge in [0.1, 0.15) is 18.2 Å². The van der Waals surface area contributed by atoms with Gasteiger partial charge in [-0.2, -0.15) is 0 Å². The fraction of sp³-hybridized carbons (Fsp3) is 0.318. The number of nitrogens with one attached hydrogen (secondary N) is 1. The van der Waals surface area contributed by atoms with Gasteiger partial charge < -0.3 is 19.7 Å². The van der Waals surface area contributed by atoms with Gasteiger partial charge in [-0.05, 0) is 48.2 Å². The SMILES string of the molecule is COc1cccc(-c2ccc(C(=O)NC3CC(c4nnc(CO)n4C)C3)cc2)c1. The summed E-state index contributed by atoms with van der Waals surface area (Å²) in [5.41, 5.74) is 2.72. The summed E-state index contributed by atoms with van der Waals surface area (Å²) in [6.07, 6.45) is 1.65. The molecule has 1 heterocycles. The maximum atomic E-state index is 12.6. The zero-order chi connectivity index (χ0) is 20.4. The molecule has 0 saturated heterocycles. The van der Waals surface area contributed by atoms with Crippen molar-refractivity contribution in [2.75, 3.05) is 7.11 Å². The van der Waals surface area contributed by atoms with E-state index in [-0.39, 0.29) is 24.5 Å². The molecule has 1 aromatic heterocycles.